The summed E-state index contributed by atoms with van der Waals surface area (Å²) in [5, 5.41) is 3.55. The summed E-state index contributed by atoms with van der Waals surface area (Å²) in [5.41, 5.74) is 0. The van der Waals surface area contributed by atoms with Crippen molar-refractivity contribution in [3.63, 3.8) is 0 Å². The Morgan fingerprint density at radius 1 is 1.27 bits per heavy atom. The predicted octanol–water partition coefficient (Wildman–Crippen LogP) is 2.81. The molecule has 3 atom stereocenters. The van der Waals surface area contributed by atoms with Gasteiger partial charge >= 0.3 is 0 Å². The summed E-state index contributed by atoms with van der Waals surface area (Å²) in [5.74, 6) is 0.884. The molecule has 1 heteroatoms. The molecule has 1 aliphatic rings. The fourth-order valence-corrected chi connectivity index (χ4v) is 1.54. The van der Waals surface area contributed by atoms with E-state index in [9.17, 15) is 0 Å². The minimum atomic E-state index is 0.745. The highest BCUT2D eigenvalue weighted by atomic mass is 15.0. The zero-order chi connectivity index (χ0) is 8.85. The van der Waals surface area contributed by atoms with Gasteiger partial charge in [0.2, 0.25) is 0 Å². The summed E-state index contributed by atoms with van der Waals surface area (Å²) in [7, 11) is 0. The highest BCUT2D eigenvalue weighted by Gasteiger charge is 2.25. The second-order valence-corrected chi connectivity index (χ2v) is 3.27. The third kappa shape index (κ3) is 3.24. The van der Waals surface area contributed by atoms with Gasteiger partial charge in [0, 0.05) is 12.1 Å². The molecule has 0 aliphatic carbocycles. The number of hydrogen-bond donors (Lipinski definition) is 1. The molecular formula is C10H23N. The Bertz CT molecular complexity index is 80.9. The summed E-state index contributed by atoms with van der Waals surface area (Å²) in [4.78, 5) is 0. The molecule has 0 aromatic rings. The molecule has 0 spiro atoms. The SMILES string of the molecule is CC.CCC1CC(C)C(C)N1. The topological polar surface area (TPSA) is 12.0 Å². The van der Waals surface area contributed by atoms with Gasteiger partial charge in [0.15, 0.2) is 0 Å². The van der Waals surface area contributed by atoms with Gasteiger partial charge < -0.3 is 5.32 Å². The molecule has 1 fully saturated rings. The summed E-state index contributed by atoms with van der Waals surface area (Å²) in [6.07, 6.45) is 2.66. The second-order valence-electron chi connectivity index (χ2n) is 3.27. The van der Waals surface area contributed by atoms with Crippen LogP contribution in [0.25, 0.3) is 0 Å². The van der Waals surface area contributed by atoms with Gasteiger partial charge in [0.05, 0.1) is 0 Å². The van der Waals surface area contributed by atoms with Crippen LogP contribution in [0, 0.1) is 5.92 Å². The standard InChI is InChI=1S/C8H17N.C2H6/c1-4-8-5-6(2)7(3)9-8;1-2/h6-9H,4-5H2,1-3H3;1-2H3. The van der Waals surface area contributed by atoms with E-state index < -0.39 is 0 Å². The van der Waals surface area contributed by atoms with Gasteiger partial charge in [-0.15, -0.1) is 0 Å². The molecule has 68 valence electrons. The molecule has 1 heterocycles. The van der Waals surface area contributed by atoms with Crippen LogP contribution in [0.5, 0.6) is 0 Å². The molecule has 1 rings (SSSR count). The van der Waals surface area contributed by atoms with Crippen LogP contribution in [0.3, 0.4) is 0 Å². The third-order valence-corrected chi connectivity index (χ3v) is 2.50. The Morgan fingerprint density at radius 3 is 2.00 bits per heavy atom. The van der Waals surface area contributed by atoms with Gasteiger partial charge in [-0.05, 0) is 25.7 Å². The highest BCUT2D eigenvalue weighted by Crippen LogP contribution is 2.20. The van der Waals surface area contributed by atoms with Crippen molar-refractivity contribution in [2.75, 3.05) is 0 Å². The van der Waals surface area contributed by atoms with Crippen LogP contribution in [0.2, 0.25) is 0 Å². The predicted molar refractivity (Wildman–Crippen MR) is 51.8 cm³/mol. The van der Waals surface area contributed by atoms with Crippen LogP contribution < -0.4 is 5.32 Å². The van der Waals surface area contributed by atoms with E-state index in [1.807, 2.05) is 13.8 Å². The molecule has 0 aromatic carbocycles. The van der Waals surface area contributed by atoms with Crippen LogP contribution in [0.15, 0.2) is 0 Å². The summed E-state index contributed by atoms with van der Waals surface area (Å²) in [6.45, 7) is 10.9. The minimum absolute atomic E-state index is 0.745. The van der Waals surface area contributed by atoms with Crippen LogP contribution in [0.1, 0.15) is 47.5 Å². The van der Waals surface area contributed by atoms with Crippen LogP contribution in [-0.2, 0) is 0 Å². The Morgan fingerprint density at radius 2 is 1.82 bits per heavy atom. The van der Waals surface area contributed by atoms with Crippen molar-refractivity contribution in [2.45, 2.75) is 59.5 Å². The first kappa shape index (κ1) is 11.0. The molecule has 3 unspecified atom stereocenters. The molecule has 0 saturated carbocycles. The Kier molecular flexibility index (Phi) is 5.57. The Hall–Kier alpha value is -0.0400. The van der Waals surface area contributed by atoms with Gasteiger partial charge in [-0.25, -0.2) is 0 Å². The molecule has 1 N–H and O–H groups in total. The zero-order valence-electron chi connectivity index (χ0n) is 8.65. The lowest BCUT2D eigenvalue weighted by Gasteiger charge is -2.07. The quantitative estimate of drug-likeness (QED) is 0.617. The zero-order valence-corrected chi connectivity index (χ0v) is 8.65. The first-order valence-electron chi connectivity index (χ1n) is 5.00. The van der Waals surface area contributed by atoms with Crippen molar-refractivity contribution >= 4 is 0 Å². The lowest BCUT2D eigenvalue weighted by atomic mass is 10.0. The normalized spacial score (nSPS) is 36.3. The molecule has 0 aromatic heterocycles. The summed E-state index contributed by atoms with van der Waals surface area (Å²) < 4.78 is 0. The van der Waals surface area contributed by atoms with Crippen molar-refractivity contribution in [3.8, 4) is 0 Å². The van der Waals surface area contributed by atoms with Crippen LogP contribution in [0.4, 0.5) is 0 Å². The maximum atomic E-state index is 3.55. The van der Waals surface area contributed by atoms with Crippen molar-refractivity contribution in [3.05, 3.63) is 0 Å². The average Bonchev–Trinajstić information content (AvgIpc) is 2.36. The highest BCUT2D eigenvalue weighted by molar-refractivity contribution is 4.84. The number of rotatable bonds is 1. The fraction of sp³-hybridized carbons (Fsp3) is 1.00. The molecule has 0 amide bonds. The van der Waals surface area contributed by atoms with Crippen molar-refractivity contribution in [1.82, 2.24) is 5.32 Å². The largest absolute Gasteiger partial charge is 0.311 e. The molecular weight excluding hydrogens is 134 g/mol. The third-order valence-electron chi connectivity index (χ3n) is 2.50. The molecule has 1 nitrogen and oxygen atoms in total. The van der Waals surface area contributed by atoms with E-state index in [4.69, 9.17) is 0 Å². The number of nitrogens with one attached hydrogen (secondary N) is 1. The fourth-order valence-electron chi connectivity index (χ4n) is 1.54. The van der Waals surface area contributed by atoms with E-state index in [2.05, 4.69) is 26.1 Å². The van der Waals surface area contributed by atoms with Crippen molar-refractivity contribution in [1.29, 1.82) is 0 Å². The molecule has 0 radical (unpaired) electrons. The Labute approximate surface area is 71.6 Å². The first-order chi connectivity index (χ1) is 5.24. The minimum Gasteiger partial charge on any atom is -0.311 e. The summed E-state index contributed by atoms with van der Waals surface area (Å²) in [6, 6.07) is 1.55. The maximum Gasteiger partial charge on any atom is 0.00701 e. The van der Waals surface area contributed by atoms with Gasteiger partial charge in [-0.3, -0.25) is 0 Å². The van der Waals surface area contributed by atoms with E-state index in [0.29, 0.717) is 0 Å². The van der Waals surface area contributed by atoms with E-state index in [-0.39, 0.29) is 0 Å². The van der Waals surface area contributed by atoms with Gasteiger partial charge in [0.1, 0.15) is 0 Å². The lowest BCUT2D eigenvalue weighted by molar-refractivity contribution is 0.515. The number of hydrogen-bond acceptors (Lipinski definition) is 1. The Balaban J connectivity index is 0.000000461. The summed E-state index contributed by atoms with van der Waals surface area (Å²) >= 11 is 0. The van der Waals surface area contributed by atoms with E-state index >= 15 is 0 Å². The smallest absolute Gasteiger partial charge is 0.00701 e. The first-order valence-corrected chi connectivity index (χ1v) is 5.00. The van der Waals surface area contributed by atoms with Crippen molar-refractivity contribution in [2.24, 2.45) is 5.92 Å². The molecule has 1 saturated heterocycles. The van der Waals surface area contributed by atoms with E-state index in [1.165, 1.54) is 12.8 Å². The lowest BCUT2D eigenvalue weighted by Crippen LogP contribution is -2.27. The van der Waals surface area contributed by atoms with E-state index in [0.717, 1.165) is 18.0 Å². The second kappa shape index (κ2) is 5.59. The van der Waals surface area contributed by atoms with Gasteiger partial charge in [0.25, 0.3) is 0 Å². The van der Waals surface area contributed by atoms with Crippen molar-refractivity contribution < 1.29 is 0 Å². The molecule has 11 heavy (non-hydrogen) atoms. The van der Waals surface area contributed by atoms with Gasteiger partial charge in [-0.1, -0.05) is 27.7 Å². The monoisotopic (exact) mass is 157 g/mol. The van der Waals surface area contributed by atoms with Gasteiger partial charge in [-0.2, -0.15) is 0 Å². The van der Waals surface area contributed by atoms with E-state index in [1.54, 1.807) is 0 Å². The average molecular weight is 157 g/mol. The molecule has 1 aliphatic heterocycles. The van der Waals surface area contributed by atoms with Crippen LogP contribution >= 0.6 is 0 Å². The molecule has 0 bridgehead atoms. The maximum absolute atomic E-state index is 3.55. The van der Waals surface area contributed by atoms with Crippen LogP contribution in [-0.4, -0.2) is 12.1 Å².